The first-order valence-corrected chi connectivity index (χ1v) is 24.5. The van der Waals surface area contributed by atoms with Gasteiger partial charge in [0.2, 0.25) is 20.0 Å². The molecule has 14 heteroatoms. The maximum Gasteiger partial charge on any atom is 0.308 e. The molecule has 2 saturated heterocycles. The molecule has 0 N–H and O–H groups in total. The maximum atomic E-state index is 15.2. The minimum absolute atomic E-state index is 0.0262. The average molecular weight is 929 g/mol. The Bertz CT molecular complexity index is 2830. The van der Waals surface area contributed by atoms with Crippen LogP contribution in [0.4, 0.5) is 0 Å². The lowest BCUT2D eigenvalue weighted by atomic mass is 9.96. The van der Waals surface area contributed by atoms with Gasteiger partial charge in [0.05, 0.1) is 35.1 Å². The quantitative estimate of drug-likeness (QED) is 0.0909. The van der Waals surface area contributed by atoms with Crippen molar-refractivity contribution < 1.29 is 45.4 Å². The molecule has 8 rings (SSSR count). The normalized spacial score (nSPS) is 19.2. The molecule has 2 fully saturated rings. The lowest BCUT2D eigenvalue weighted by Gasteiger charge is -2.31. The Kier molecular flexibility index (Phi) is 12.9. The average Bonchev–Trinajstić information content (AvgIpc) is 3.90. The molecule has 0 aliphatic carbocycles. The molecule has 342 valence electrons. The fraction of sp³-hybridized carbons (Fsp3) is 0.269. The first kappa shape index (κ1) is 46.5. The summed E-state index contributed by atoms with van der Waals surface area (Å²) in [5.74, 6) is -1.51. The number of rotatable bonds is 11. The fourth-order valence-corrected chi connectivity index (χ4v) is 13.8. The van der Waals surface area contributed by atoms with E-state index in [9.17, 15) is 9.59 Å². The second kappa shape index (κ2) is 18.4. The number of esters is 2. The Morgan fingerprint density at radius 3 is 1.15 bits per heavy atom. The van der Waals surface area contributed by atoms with Gasteiger partial charge in [0.15, 0.2) is 12.5 Å². The van der Waals surface area contributed by atoms with Crippen molar-refractivity contribution in [2.24, 2.45) is 0 Å². The van der Waals surface area contributed by atoms with Crippen LogP contribution in [-0.4, -0.2) is 50.6 Å². The summed E-state index contributed by atoms with van der Waals surface area (Å²) >= 11 is 0. The van der Waals surface area contributed by atoms with Crippen molar-refractivity contribution >= 4 is 32.0 Å². The van der Waals surface area contributed by atoms with Gasteiger partial charge < -0.3 is 18.9 Å². The minimum Gasteiger partial charge on any atom is -0.426 e. The number of sulfonamides is 2. The van der Waals surface area contributed by atoms with Crippen LogP contribution in [-0.2, 0) is 39.1 Å². The van der Waals surface area contributed by atoms with Gasteiger partial charge in [-0.2, -0.15) is 8.61 Å². The van der Waals surface area contributed by atoms with Crippen LogP contribution in [0, 0.1) is 41.5 Å². The minimum atomic E-state index is -4.34. The van der Waals surface area contributed by atoms with Crippen LogP contribution in [0.25, 0.3) is 11.1 Å². The first-order chi connectivity index (χ1) is 31.4. The lowest BCUT2D eigenvalue weighted by molar-refractivity contribution is -0.133. The lowest BCUT2D eigenvalue weighted by Crippen LogP contribution is -2.35. The van der Waals surface area contributed by atoms with Gasteiger partial charge >= 0.3 is 11.9 Å². The molecule has 2 aliphatic heterocycles. The van der Waals surface area contributed by atoms with E-state index in [-0.39, 0.29) is 56.8 Å². The van der Waals surface area contributed by atoms with Gasteiger partial charge in [-0.05, 0) is 74.9 Å². The van der Waals surface area contributed by atoms with Crippen LogP contribution in [0.5, 0.6) is 11.5 Å². The highest BCUT2D eigenvalue weighted by Crippen LogP contribution is 2.52. The second-order valence-corrected chi connectivity index (χ2v) is 20.5. The van der Waals surface area contributed by atoms with E-state index in [0.29, 0.717) is 33.4 Å². The molecule has 6 aromatic carbocycles. The number of hydrogen-bond acceptors (Lipinski definition) is 10. The van der Waals surface area contributed by atoms with Crippen LogP contribution in [0.1, 0.15) is 94.0 Å². The van der Waals surface area contributed by atoms with E-state index in [1.807, 2.05) is 98.8 Å². The highest BCUT2D eigenvalue weighted by molar-refractivity contribution is 7.89. The third-order valence-electron chi connectivity index (χ3n) is 12.0. The predicted octanol–water partition coefficient (Wildman–Crippen LogP) is 9.98. The van der Waals surface area contributed by atoms with Gasteiger partial charge in [-0.1, -0.05) is 132 Å². The van der Waals surface area contributed by atoms with Crippen molar-refractivity contribution in [3.05, 3.63) is 177 Å². The topological polar surface area (TPSA) is 146 Å². The number of carbonyl (C=O) groups excluding carboxylic acids is 2. The summed E-state index contributed by atoms with van der Waals surface area (Å²) in [6.07, 6.45) is -2.61. The van der Waals surface area contributed by atoms with Gasteiger partial charge in [0, 0.05) is 36.1 Å². The molecule has 0 unspecified atom stereocenters. The zero-order valence-corrected chi connectivity index (χ0v) is 39.7. The zero-order chi connectivity index (χ0) is 47.2. The number of benzene rings is 6. The van der Waals surface area contributed by atoms with E-state index < -0.39 is 56.5 Å². The smallest absolute Gasteiger partial charge is 0.308 e. The van der Waals surface area contributed by atoms with E-state index in [1.165, 1.54) is 22.5 Å². The van der Waals surface area contributed by atoms with E-state index in [1.54, 1.807) is 64.1 Å². The maximum absolute atomic E-state index is 15.2. The van der Waals surface area contributed by atoms with E-state index in [4.69, 9.17) is 18.9 Å². The number of para-hydroxylation sites is 2. The first-order valence-electron chi connectivity index (χ1n) is 21.6. The zero-order valence-electron chi connectivity index (χ0n) is 38.1. The van der Waals surface area contributed by atoms with Gasteiger partial charge in [-0.15, -0.1) is 0 Å². The predicted molar refractivity (Wildman–Crippen MR) is 250 cm³/mol. The number of aryl methyl sites for hydroxylation is 6. The second-order valence-electron chi connectivity index (χ2n) is 17.0. The summed E-state index contributed by atoms with van der Waals surface area (Å²) in [6, 6.07) is 34.0. The SMILES string of the molecule is CC(=O)Oc1c(-c2cccc([C@@H]3OC[C@H](c4ccccc4)N3S(=O)(=O)c3c(C)cc(C)cc3C)c2OC(C)=O)cccc1[C@@H]1OC[C@H](c2ccccc2)N1S(=O)(=O)c1c(C)cc(C)cc1C. The molecule has 6 aromatic rings. The Morgan fingerprint density at radius 1 is 0.500 bits per heavy atom. The van der Waals surface area contributed by atoms with E-state index in [2.05, 4.69) is 0 Å². The van der Waals surface area contributed by atoms with Crippen molar-refractivity contribution in [3.8, 4) is 22.6 Å². The number of nitrogens with zero attached hydrogens (tertiary/aromatic N) is 2. The summed E-state index contributed by atoms with van der Waals surface area (Å²) in [4.78, 5) is 26.6. The summed E-state index contributed by atoms with van der Waals surface area (Å²) in [5.41, 5.74) is 6.37. The third kappa shape index (κ3) is 8.60. The van der Waals surface area contributed by atoms with Crippen molar-refractivity contribution in [3.63, 3.8) is 0 Å². The van der Waals surface area contributed by atoms with Gasteiger partial charge in [-0.3, -0.25) is 9.59 Å². The van der Waals surface area contributed by atoms with E-state index in [0.717, 1.165) is 11.1 Å². The van der Waals surface area contributed by atoms with Crippen LogP contribution in [0.2, 0.25) is 0 Å². The highest BCUT2D eigenvalue weighted by atomic mass is 32.2. The molecule has 0 amide bonds. The van der Waals surface area contributed by atoms with Crippen molar-refractivity contribution in [1.29, 1.82) is 0 Å². The van der Waals surface area contributed by atoms with Crippen molar-refractivity contribution in [2.45, 2.75) is 89.7 Å². The van der Waals surface area contributed by atoms with Crippen LogP contribution >= 0.6 is 0 Å². The summed E-state index contributed by atoms with van der Waals surface area (Å²) in [7, 11) is -8.67. The van der Waals surface area contributed by atoms with Crippen molar-refractivity contribution in [2.75, 3.05) is 13.2 Å². The molecule has 0 saturated carbocycles. The molecule has 0 bridgehead atoms. The molecule has 4 atom stereocenters. The van der Waals surface area contributed by atoms with Crippen LogP contribution in [0.15, 0.2) is 131 Å². The molecule has 2 heterocycles. The standard InChI is InChI=1S/C52H52N2O10S2/c1-31-25-33(3)49(34(4)26-31)65(57,58)53-45(39-17-11-9-12-18-39)29-61-51(53)43-23-15-21-41(47(43)63-37(7)55)42-22-16-24-44(48(42)64-38(8)56)52-54(46(30-62-52)40-19-13-10-14-20-40)66(59,60)50-35(5)27-32(2)28-36(50)6/h9-28,45-46,51-52H,29-30H2,1-8H3/t45-,46-,51+,52+/m1/s1. The molecular weight excluding hydrogens is 877 g/mol. The molecule has 66 heavy (non-hydrogen) atoms. The summed E-state index contributed by atoms with van der Waals surface area (Å²) in [6.45, 7) is 13.3. The monoisotopic (exact) mass is 928 g/mol. The number of ether oxygens (including phenoxy) is 4. The highest BCUT2D eigenvalue weighted by Gasteiger charge is 2.49. The fourth-order valence-electron chi connectivity index (χ4n) is 9.66. The Balaban J connectivity index is 1.33. The molecule has 12 nitrogen and oxygen atoms in total. The van der Waals surface area contributed by atoms with E-state index >= 15 is 16.8 Å². The summed E-state index contributed by atoms with van der Waals surface area (Å²) < 4.78 is 88.7. The summed E-state index contributed by atoms with van der Waals surface area (Å²) in [5, 5.41) is 0. The Labute approximate surface area is 386 Å². The van der Waals surface area contributed by atoms with Crippen LogP contribution in [0.3, 0.4) is 0 Å². The Morgan fingerprint density at radius 2 is 0.833 bits per heavy atom. The largest absolute Gasteiger partial charge is 0.426 e. The molecule has 0 radical (unpaired) electrons. The van der Waals surface area contributed by atoms with Crippen molar-refractivity contribution in [1.82, 2.24) is 8.61 Å². The number of hydrogen-bond donors (Lipinski definition) is 0. The third-order valence-corrected chi connectivity index (χ3v) is 16.3. The molecule has 0 spiro atoms. The van der Waals surface area contributed by atoms with Gasteiger partial charge in [0.25, 0.3) is 0 Å². The molecule has 0 aromatic heterocycles. The van der Waals surface area contributed by atoms with Gasteiger partial charge in [-0.25, -0.2) is 16.8 Å². The van der Waals surface area contributed by atoms with Gasteiger partial charge in [0.1, 0.15) is 11.5 Å². The van der Waals surface area contributed by atoms with Crippen LogP contribution < -0.4 is 9.47 Å². The molecule has 2 aliphatic rings. The number of carbonyl (C=O) groups is 2. The Hall–Kier alpha value is -6.00. The molecular formula is C52H52N2O10S2.